The summed E-state index contributed by atoms with van der Waals surface area (Å²) in [6.07, 6.45) is 2.11. The van der Waals surface area contributed by atoms with Crippen molar-refractivity contribution in [1.29, 1.82) is 0 Å². The van der Waals surface area contributed by atoms with E-state index in [0.717, 1.165) is 23.5 Å². The van der Waals surface area contributed by atoms with E-state index in [-0.39, 0.29) is 0 Å². The normalized spacial score (nSPS) is 12.5. The smallest absolute Gasteiger partial charge is 0.169 e. The van der Waals surface area contributed by atoms with Crippen molar-refractivity contribution in [3.05, 3.63) is 28.1 Å². The Bertz CT molecular complexity index is 328. The minimum Gasteiger partial charge on any atom is -0.450 e. The maximum Gasteiger partial charge on any atom is 0.169 e. The molecule has 0 radical (unpaired) electrons. The second kappa shape index (κ2) is 6.13. The molecule has 0 spiro atoms. The molecule has 15 heavy (non-hydrogen) atoms. The Morgan fingerprint density at radius 3 is 2.73 bits per heavy atom. The number of nitrogens with one attached hydrogen (secondary N) is 1. The summed E-state index contributed by atoms with van der Waals surface area (Å²) in [7, 11) is 0. The highest BCUT2D eigenvalue weighted by atomic mass is 79.9. The highest BCUT2D eigenvalue weighted by Gasteiger charge is 2.04. The van der Waals surface area contributed by atoms with Crippen LogP contribution < -0.4 is 5.32 Å². The van der Waals surface area contributed by atoms with Gasteiger partial charge in [-0.15, -0.1) is 0 Å². The average molecular weight is 272 g/mol. The molecule has 0 aliphatic rings. The molecule has 1 rings (SSSR count). The van der Waals surface area contributed by atoms with E-state index in [0.29, 0.717) is 5.92 Å². The van der Waals surface area contributed by atoms with E-state index < -0.39 is 0 Å². The molecule has 0 fully saturated rings. The second-order valence-electron chi connectivity index (χ2n) is 3.80. The number of likely N-dealkylation sites (N-methyl/N-ethyl adjacent to an activating group) is 1. The van der Waals surface area contributed by atoms with Crippen molar-refractivity contribution >= 4 is 22.0 Å². The predicted molar refractivity (Wildman–Crippen MR) is 67.8 cm³/mol. The number of halogens is 1. The molecule has 0 saturated heterocycles. The summed E-state index contributed by atoms with van der Waals surface area (Å²) >= 11 is 3.30. The second-order valence-corrected chi connectivity index (χ2v) is 4.58. The first kappa shape index (κ1) is 12.5. The van der Waals surface area contributed by atoms with E-state index in [1.807, 2.05) is 12.1 Å². The lowest BCUT2D eigenvalue weighted by molar-refractivity contribution is 0.529. The SMILES string of the molecule is CCNCC(=Cc1ccc(Br)o1)C(C)C. The first-order valence-electron chi connectivity index (χ1n) is 5.30. The average Bonchev–Trinajstić information content (AvgIpc) is 2.58. The minimum atomic E-state index is 0.535. The van der Waals surface area contributed by atoms with Crippen molar-refractivity contribution in [3.63, 3.8) is 0 Å². The van der Waals surface area contributed by atoms with Crippen LogP contribution in [0.15, 0.2) is 26.8 Å². The molecule has 1 aromatic heterocycles. The summed E-state index contributed by atoms with van der Waals surface area (Å²) in [5.41, 5.74) is 1.36. The van der Waals surface area contributed by atoms with Gasteiger partial charge in [-0.1, -0.05) is 26.3 Å². The molecule has 0 amide bonds. The van der Waals surface area contributed by atoms with Crippen LogP contribution in [-0.2, 0) is 0 Å². The zero-order chi connectivity index (χ0) is 11.3. The van der Waals surface area contributed by atoms with E-state index in [1.54, 1.807) is 0 Å². The zero-order valence-corrected chi connectivity index (χ0v) is 11.1. The Morgan fingerprint density at radius 2 is 2.27 bits per heavy atom. The minimum absolute atomic E-state index is 0.535. The topological polar surface area (TPSA) is 25.2 Å². The van der Waals surface area contributed by atoms with Gasteiger partial charge >= 0.3 is 0 Å². The van der Waals surface area contributed by atoms with Crippen molar-refractivity contribution in [3.8, 4) is 0 Å². The van der Waals surface area contributed by atoms with E-state index in [4.69, 9.17) is 4.42 Å². The fraction of sp³-hybridized carbons (Fsp3) is 0.500. The van der Waals surface area contributed by atoms with E-state index >= 15 is 0 Å². The molecule has 0 aliphatic carbocycles. The molecule has 0 aliphatic heterocycles. The molecule has 1 aromatic rings. The van der Waals surface area contributed by atoms with E-state index in [2.05, 4.69) is 48.1 Å². The number of hydrogen-bond acceptors (Lipinski definition) is 2. The largest absolute Gasteiger partial charge is 0.450 e. The van der Waals surface area contributed by atoms with Crippen molar-refractivity contribution in [2.75, 3.05) is 13.1 Å². The molecule has 3 heteroatoms. The fourth-order valence-electron chi connectivity index (χ4n) is 1.28. The first-order chi connectivity index (χ1) is 7.13. The number of hydrogen-bond donors (Lipinski definition) is 1. The maximum absolute atomic E-state index is 5.46. The monoisotopic (exact) mass is 271 g/mol. The highest BCUT2D eigenvalue weighted by Crippen LogP contribution is 2.19. The van der Waals surface area contributed by atoms with Crippen LogP contribution in [0.2, 0.25) is 0 Å². The Labute approximate surface area is 99.9 Å². The molecule has 0 saturated carbocycles. The van der Waals surface area contributed by atoms with Crippen LogP contribution >= 0.6 is 15.9 Å². The summed E-state index contributed by atoms with van der Waals surface area (Å²) in [5, 5.41) is 3.34. The molecule has 0 bridgehead atoms. The Hall–Kier alpha value is -0.540. The lowest BCUT2D eigenvalue weighted by Crippen LogP contribution is -2.18. The number of rotatable bonds is 5. The van der Waals surface area contributed by atoms with Gasteiger partial charge in [0.15, 0.2) is 4.67 Å². The maximum atomic E-state index is 5.46. The van der Waals surface area contributed by atoms with Crippen molar-refractivity contribution in [2.24, 2.45) is 5.92 Å². The van der Waals surface area contributed by atoms with Crippen molar-refractivity contribution in [1.82, 2.24) is 5.32 Å². The van der Waals surface area contributed by atoms with Gasteiger partial charge < -0.3 is 9.73 Å². The summed E-state index contributed by atoms with van der Waals surface area (Å²) in [6, 6.07) is 3.88. The van der Waals surface area contributed by atoms with Crippen LogP contribution in [0.1, 0.15) is 26.5 Å². The fourth-order valence-corrected chi connectivity index (χ4v) is 1.60. The Kier molecular flexibility index (Phi) is 5.12. The Morgan fingerprint density at radius 1 is 1.53 bits per heavy atom. The van der Waals surface area contributed by atoms with Crippen molar-refractivity contribution < 1.29 is 4.42 Å². The van der Waals surface area contributed by atoms with Gasteiger partial charge in [-0.3, -0.25) is 0 Å². The van der Waals surface area contributed by atoms with Gasteiger partial charge in [-0.05, 0) is 46.6 Å². The summed E-state index contributed by atoms with van der Waals surface area (Å²) in [4.78, 5) is 0. The van der Waals surface area contributed by atoms with E-state index in [9.17, 15) is 0 Å². The van der Waals surface area contributed by atoms with Crippen LogP contribution in [-0.4, -0.2) is 13.1 Å². The predicted octanol–water partition coefficient (Wildman–Crippen LogP) is 3.69. The van der Waals surface area contributed by atoms with Gasteiger partial charge in [0.05, 0.1) is 0 Å². The molecular formula is C12H18BrNO. The molecule has 1 N–H and O–H groups in total. The highest BCUT2D eigenvalue weighted by molar-refractivity contribution is 9.10. The molecule has 1 heterocycles. The molecule has 0 atom stereocenters. The van der Waals surface area contributed by atoms with Gasteiger partial charge in [0.1, 0.15) is 5.76 Å². The molecular weight excluding hydrogens is 254 g/mol. The van der Waals surface area contributed by atoms with Gasteiger partial charge in [0.2, 0.25) is 0 Å². The van der Waals surface area contributed by atoms with Gasteiger partial charge in [0, 0.05) is 6.54 Å². The van der Waals surface area contributed by atoms with Crippen LogP contribution in [0.3, 0.4) is 0 Å². The molecule has 2 nitrogen and oxygen atoms in total. The number of furan rings is 1. The van der Waals surface area contributed by atoms with E-state index in [1.165, 1.54) is 5.57 Å². The van der Waals surface area contributed by atoms with Crippen LogP contribution in [0, 0.1) is 5.92 Å². The van der Waals surface area contributed by atoms with Gasteiger partial charge in [-0.2, -0.15) is 0 Å². The lowest BCUT2D eigenvalue weighted by Gasteiger charge is -2.11. The van der Waals surface area contributed by atoms with Gasteiger partial charge in [-0.25, -0.2) is 0 Å². The third-order valence-electron chi connectivity index (χ3n) is 2.24. The molecule has 0 aromatic carbocycles. The van der Waals surface area contributed by atoms with Gasteiger partial charge in [0.25, 0.3) is 0 Å². The first-order valence-corrected chi connectivity index (χ1v) is 6.09. The summed E-state index contributed by atoms with van der Waals surface area (Å²) in [5.74, 6) is 1.44. The van der Waals surface area contributed by atoms with Crippen LogP contribution in [0.4, 0.5) is 0 Å². The standard InChI is InChI=1S/C12H18BrNO/c1-4-14-8-10(9(2)3)7-11-5-6-12(13)15-11/h5-7,9,14H,4,8H2,1-3H3. The molecule has 84 valence electrons. The quantitative estimate of drug-likeness (QED) is 0.884. The third-order valence-corrected chi connectivity index (χ3v) is 2.67. The third kappa shape index (κ3) is 4.22. The van der Waals surface area contributed by atoms with Crippen molar-refractivity contribution in [2.45, 2.75) is 20.8 Å². The zero-order valence-electron chi connectivity index (χ0n) is 9.51. The lowest BCUT2D eigenvalue weighted by atomic mass is 10.0. The van der Waals surface area contributed by atoms with Crippen LogP contribution in [0.5, 0.6) is 0 Å². The molecule has 0 unspecified atom stereocenters. The Balaban J connectivity index is 2.74. The summed E-state index contributed by atoms with van der Waals surface area (Å²) in [6.45, 7) is 8.42. The summed E-state index contributed by atoms with van der Waals surface area (Å²) < 4.78 is 6.23. The van der Waals surface area contributed by atoms with Crippen LogP contribution in [0.25, 0.3) is 6.08 Å².